The Morgan fingerprint density at radius 1 is 1.45 bits per heavy atom. The molecular weight excluding hydrogens is 254 g/mol. The summed E-state index contributed by atoms with van der Waals surface area (Å²) in [4.78, 5) is 12.2. The number of aryl methyl sites for hydroxylation is 1. The molecule has 0 spiro atoms. The zero-order chi connectivity index (χ0) is 15.3. The molecule has 1 rings (SSSR count). The lowest BCUT2D eigenvalue weighted by Crippen LogP contribution is -2.55. The molecule has 0 aromatic carbocycles. The number of nitrogens with two attached hydrogens (primary N) is 1. The Bertz CT molecular complexity index is 441. The van der Waals surface area contributed by atoms with Gasteiger partial charge in [0.05, 0.1) is 11.7 Å². The largest absolute Gasteiger partial charge is 0.344 e. The summed E-state index contributed by atoms with van der Waals surface area (Å²) in [6.45, 7) is 11.5. The van der Waals surface area contributed by atoms with Crippen molar-refractivity contribution in [3.63, 3.8) is 0 Å². The van der Waals surface area contributed by atoms with Crippen LogP contribution < -0.4 is 11.1 Å². The van der Waals surface area contributed by atoms with Crippen LogP contribution >= 0.6 is 0 Å². The minimum Gasteiger partial charge on any atom is -0.344 e. The summed E-state index contributed by atoms with van der Waals surface area (Å²) in [6.07, 6.45) is 2.70. The van der Waals surface area contributed by atoms with E-state index in [1.54, 1.807) is 10.9 Å². The molecule has 0 aliphatic rings. The van der Waals surface area contributed by atoms with Gasteiger partial charge in [0.2, 0.25) is 0 Å². The lowest BCUT2D eigenvalue weighted by Gasteiger charge is -2.33. The summed E-state index contributed by atoms with van der Waals surface area (Å²) in [5.74, 6) is 0.618. The van der Waals surface area contributed by atoms with Crippen molar-refractivity contribution in [3.05, 3.63) is 11.9 Å². The van der Waals surface area contributed by atoms with E-state index in [-0.39, 0.29) is 11.8 Å². The van der Waals surface area contributed by atoms with Gasteiger partial charge < -0.3 is 11.1 Å². The zero-order valence-corrected chi connectivity index (χ0v) is 13.2. The SMILES string of the molecule is CC(C)CCn1cc(C(=O)NC(C)(CN)C(C)C)nn1. The number of hydrogen-bond acceptors (Lipinski definition) is 4. The molecule has 1 atom stereocenters. The third-order valence-electron chi connectivity index (χ3n) is 3.80. The topological polar surface area (TPSA) is 85.8 Å². The summed E-state index contributed by atoms with van der Waals surface area (Å²) >= 11 is 0. The molecule has 0 aliphatic heterocycles. The van der Waals surface area contributed by atoms with Crippen LogP contribution in [0.4, 0.5) is 0 Å². The number of carbonyl (C=O) groups is 1. The van der Waals surface area contributed by atoms with Crippen LogP contribution in [-0.4, -0.2) is 33.0 Å². The molecule has 1 unspecified atom stereocenters. The van der Waals surface area contributed by atoms with Gasteiger partial charge in [-0.25, -0.2) is 0 Å². The second-order valence-electron chi connectivity index (χ2n) is 6.28. The van der Waals surface area contributed by atoms with Gasteiger partial charge in [-0.15, -0.1) is 5.10 Å². The first-order valence-corrected chi connectivity index (χ1v) is 7.21. The van der Waals surface area contributed by atoms with Crippen molar-refractivity contribution in [2.75, 3.05) is 6.54 Å². The Balaban J connectivity index is 2.68. The van der Waals surface area contributed by atoms with Gasteiger partial charge in [-0.05, 0) is 25.2 Å². The third-order valence-corrected chi connectivity index (χ3v) is 3.80. The molecule has 0 saturated carbocycles. The molecule has 114 valence electrons. The third kappa shape index (κ3) is 4.30. The van der Waals surface area contributed by atoms with Gasteiger partial charge in [0.15, 0.2) is 5.69 Å². The minimum absolute atomic E-state index is 0.220. The standard InChI is InChI=1S/C14H27N5O/c1-10(2)6-7-19-8-12(17-18-19)13(20)16-14(5,9-15)11(3)4/h8,10-11H,6-7,9,15H2,1-5H3,(H,16,20). The summed E-state index contributed by atoms with van der Waals surface area (Å²) in [7, 11) is 0. The minimum atomic E-state index is -0.432. The molecule has 1 amide bonds. The van der Waals surface area contributed by atoms with Crippen LogP contribution in [0.1, 0.15) is 51.5 Å². The maximum absolute atomic E-state index is 12.2. The molecule has 1 aromatic heterocycles. The summed E-state index contributed by atoms with van der Waals surface area (Å²) < 4.78 is 1.71. The number of carbonyl (C=O) groups excluding carboxylic acids is 1. The zero-order valence-electron chi connectivity index (χ0n) is 13.2. The lowest BCUT2D eigenvalue weighted by molar-refractivity contribution is 0.0878. The van der Waals surface area contributed by atoms with E-state index in [1.165, 1.54) is 0 Å². The number of hydrogen-bond donors (Lipinski definition) is 2. The molecule has 1 heterocycles. The van der Waals surface area contributed by atoms with Crippen molar-refractivity contribution < 1.29 is 4.79 Å². The predicted molar refractivity (Wildman–Crippen MR) is 79.2 cm³/mol. The van der Waals surface area contributed by atoms with Crippen molar-refractivity contribution in [2.24, 2.45) is 17.6 Å². The second-order valence-corrected chi connectivity index (χ2v) is 6.28. The van der Waals surface area contributed by atoms with Crippen LogP contribution in [0.3, 0.4) is 0 Å². The Morgan fingerprint density at radius 3 is 2.60 bits per heavy atom. The van der Waals surface area contributed by atoms with E-state index in [9.17, 15) is 4.79 Å². The Hall–Kier alpha value is -1.43. The van der Waals surface area contributed by atoms with E-state index in [2.05, 4.69) is 29.5 Å². The van der Waals surface area contributed by atoms with Gasteiger partial charge in [-0.1, -0.05) is 32.9 Å². The summed E-state index contributed by atoms with van der Waals surface area (Å²) in [6, 6.07) is 0. The fourth-order valence-corrected chi connectivity index (χ4v) is 1.66. The first-order valence-electron chi connectivity index (χ1n) is 7.21. The Kier molecular flexibility index (Phi) is 5.68. The Morgan fingerprint density at radius 2 is 2.10 bits per heavy atom. The first-order chi connectivity index (χ1) is 9.28. The van der Waals surface area contributed by atoms with Crippen LogP contribution in [0.25, 0.3) is 0 Å². The lowest BCUT2D eigenvalue weighted by atomic mass is 9.88. The van der Waals surface area contributed by atoms with Gasteiger partial charge in [0.1, 0.15) is 0 Å². The number of amides is 1. The van der Waals surface area contributed by atoms with Crippen molar-refractivity contribution in [1.82, 2.24) is 20.3 Å². The maximum atomic E-state index is 12.2. The normalized spacial score (nSPS) is 14.6. The van der Waals surface area contributed by atoms with E-state index in [4.69, 9.17) is 5.73 Å². The molecule has 6 heteroatoms. The molecule has 0 radical (unpaired) electrons. The average Bonchev–Trinajstić information content (AvgIpc) is 2.84. The van der Waals surface area contributed by atoms with E-state index >= 15 is 0 Å². The summed E-state index contributed by atoms with van der Waals surface area (Å²) in [5.41, 5.74) is 5.67. The number of aromatic nitrogens is 3. The molecule has 6 nitrogen and oxygen atoms in total. The molecule has 20 heavy (non-hydrogen) atoms. The van der Waals surface area contributed by atoms with Crippen LogP contribution in [-0.2, 0) is 6.54 Å². The van der Waals surface area contributed by atoms with Crippen LogP contribution in [0, 0.1) is 11.8 Å². The van der Waals surface area contributed by atoms with Crippen LogP contribution in [0.5, 0.6) is 0 Å². The van der Waals surface area contributed by atoms with Crippen molar-refractivity contribution in [1.29, 1.82) is 0 Å². The molecule has 0 aliphatic carbocycles. The van der Waals surface area contributed by atoms with Gasteiger partial charge in [0.25, 0.3) is 5.91 Å². The molecule has 3 N–H and O–H groups in total. The van der Waals surface area contributed by atoms with Crippen LogP contribution in [0.15, 0.2) is 6.20 Å². The van der Waals surface area contributed by atoms with Gasteiger partial charge in [-0.3, -0.25) is 9.48 Å². The maximum Gasteiger partial charge on any atom is 0.273 e. The quantitative estimate of drug-likeness (QED) is 0.791. The molecule has 1 aromatic rings. The fourth-order valence-electron chi connectivity index (χ4n) is 1.66. The van der Waals surface area contributed by atoms with Crippen LogP contribution in [0.2, 0.25) is 0 Å². The highest BCUT2D eigenvalue weighted by molar-refractivity contribution is 5.92. The monoisotopic (exact) mass is 281 g/mol. The van der Waals surface area contributed by atoms with Gasteiger partial charge >= 0.3 is 0 Å². The molecular formula is C14H27N5O. The molecule has 0 bridgehead atoms. The molecule has 0 fully saturated rings. The smallest absolute Gasteiger partial charge is 0.273 e. The predicted octanol–water partition coefficient (Wildman–Crippen LogP) is 1.43. The first kappa shape index (κ1) is 16.6. The average molecular weight is 281 g/mol. The van der Waals surface area contributed by atoms with E-state index in [1.807, 2.05) is 20.8 Å². The fraction of sp³-hybridized carbons (Fsp3) is 0.786. The van der Waals surface area contributed by atoms with Crippen molar-refractivity contribution in [3.8, 4) is 0 Å². The van der Waals surface area contributed by atoms with Crippen molar-refractivity contribution >= 4 is 5.91 Å². The molecule has 0 saturated heterocycles. The van der Waals surface area contributed by atoms with E-state index in [0.29, 0.717) is 18.2 Å². The van der Waals surface area contributed by atoms with Crippen molar-refractivity contribution in [2.45, 2.75) is 53.1 Å². The van der Waals surface area contributed by atoms with E-state index < -0.39 is 5.54 Å². The number of nitrogens with zero attached hydrogens (tertiary/aromatic N) is 3. The highest BCUT2D eigenvalue weighted by Gasteiger charge is 2.29. The highest BCUT2D eigenvalue weighted by Crippen LogP contribution is 2.15. The Labute approximate surface area is 121 Å². The van der Waals surface area contributed by atoms with Gasteiger partial charge in [-0.2, -0.15) is 0 Å². The number of nitrogens with one attached hydrogen (secondary N) is 1. The number of rotatable bonds is 7. The highest BCUT2D eigenvalue weighted by atomic mass is 16.2. The van der Waals surface area contributed by atoms with E-state index in [0.717, 1.165) is 13.0 Å². The second kappa shape index (κ2) is 6.83. The van der Waals surface area contributed by atoms with Gasteiger partial charge in [0, 0.05) is 13.1 Å². The summed E-state index contributed by atoms with van der Waals surface area (Å²) in [5, 5.41) is 10.9.